The Morgan fingerprint density at radius 3 is 2.48 bits per heavy atom. The maximum atomic E-state index is 12.0. The molecular weight excluding hydrogens is 278 g/mol. The van der Waals surface area contributed by atoms with Gasteiger partial charge in [0.15, 0.2) is 0 Å². The van der Waals surface area contributed by atoms with E-state index in [9.17, 15) is 13.6 Å². The second kappa shape index (κ2) is 9.28. The van der Waals surface area contributed by atoms with Crippen molar-refractivity contribution < 1.29 is 18.3 Å². The van der Waals surface area contributed by atoms with E-state index in [0.29, 0.717) is 24.6 Å². The zero-order chi connectivity index (χ0) is 15.7. The number of benzene rings is 1. The number of carbonyl (C=O) groups excluding carboxylic acids is 1. The number of nitrogens with two attached hydrogens (primary N) is 1. The summed E-state index contributed by atoms with van der Waals surface area (Å²) in [7, 11) is 0. The third-order valence-corrected chi connectivity index (χ3v) is 3.30. The van der Waals surface area contributed by atoms with Crippen LogP contribution in [0.15, 0.2) is 24.3 Å². The van der Waals surface area contributed by atoms with E-state index in [4.69, 9.17) is 5.73 Å². The Morgan fingerprint density at radius 1 is 1.29 bits per heavy atom. The minimum atomic E-state index is -2.85. The average Bonchev–Trinajstić information content (AvgIpc) is 2.45. The lowest BCUT2D eigenvalue weighted by Gasteiger charge is -2.13. The second-order valence-electron chi connectivity index (χ2n) is 4.84. The Labute approximate surface area is 123 Å². The minimum Gasteiger partial charge on any atom is -0.435 e. The van der Waals surface area contributed by atoms with Crippen LogP contribution >= 0.6 is 0 Å². The van der Waals surface area contributed by atoms with Crippen molar-refractivity contribution in [1.82, 2.24) is 0 Å². The van der Waals surface area contributed by atoms with Crippen molar-refractivity contribution in [1.29, 1.82) is 0 Å². The van der Waals surface area contributed by atoms with Crippen LogP contribution in [-0.4, -0.2) is 19.1 Å². The van der Waals surface area contributed by atoms with E-state index in [1.54, 1.807) is 0 Å². The highest BCUT2D eigenvalue weighted by molar-refractivity contribution is 5.90. The smallest absolute Gasteiger partial charge is 0.387 e. The summed E-state index contributed by atoms with van der Waals surface area (Å²) in [5, 5.41) is 2.73. The largest absolute Gasteiger partial charge is 0.435 e. The van der Waals surface area contributed by atoms with Crippen LogP contribution in [0.4, 0.5) is 14.5 Å². The van der Waals surface area contributed by atoms with Gasteiger partial charge < -0.3 is 15.8 Å². The van der Waals surface area contributed by atoms with Gasteiger partial charge in [-0.1, -0.05) is 13.3 Å². The van der Waals surface area contributed by atoms with Gasteiger partial charge in [0.05, 0.1) is 0 Å². The Bertz CT molecular complexity index is 424. The van der Waals surface area contributed by atoms with Crippen molar-refractivity contribution in [2.45, 2.75) is 39.2 Å². The summed E-state index contributed by atoms with van der Waals surface area (Å²) < 4.78 is 28.2. The first-order valence-electron chi connectivity index (χ1n) is 7.10. The van der Waals surface area contributed by atoms with Crippen molar-refractivity contribution in [3.63, 3.8) is 0 Å². The molecule has 0 radical (unpaired) electrons. The fourth-order valence-corrected chi connectivity index (χ4v) is 2.07. The molecule has 1 rings (SSSR count). The van der Waals surface area contributed by atoms with Crippen LogP contribution in [-0.2, 0) is 4.79 Å². The lowest BCUT2D eigenvalue weighted by Crippen LogP contribution is -2.15. The molecule has 0 aliphatic rings. The van der Waals surface area contributed by atoms with Gasteiger partial charge in [-0.25, -0.2) is 0 Å². The highest BCUT2D eigenvalue weighted by atomic mass is 19.3. The number of amides is 1. The van der Waals surface area contributed by atoms with Crippen LogP contribution in [0.5, 0.6) is 5.75 Å². The highest BCUT2D eigenvalue weighted by Crippen LogP contribution is 2.19. The first-order chi connectivity index (χ1) is 10.0. The number of rotatable bonds is 9. The highest BCUT2D eigenvalue weighted by Gasteiger charge is 2.09. The number of halogens is 2. The van der Waals surface area contributed by atoms with Crippen LogP contribution in [0, 0.1) is 5.92 Å². The molecule has 0 spiro atoms. The molecule has 4 nitrogen and oxygen atoms in total. The van der Waals surface area contributed by atoms with Crippen molar-refractivity contribution >= 4 is 11.6 Å². The predicted molar refractivity (Wildman–Crippen MR) is 78.4 cm³/mol. The molecular formula is C15H22F2N2O2. The van der Waals surface area contributed by atoms with Crippen molar-refractivity contribution in [3.8, 4) is 5.75 Å². The number of anilines is 1. The third kappa shape index (κ3) is 7.04. The van der Waals surface area contributed by atoms with Gasteiger partial charge >= 0.3 is 6.61 Å². The third-order valence-electron chi connectivity index (χ3n) is 3.30. The van der Waals surface area contributed by atoms with Crippen LogP contribution in [0.3, 0.4) is 0 Å². The van der Waals surface area contributed by atoms with Gasteiger partial charge in [-0.15, -0.1) is 0 Å². The van der Waals surface area contributed by atoms with Crippen LogP contribution < -0.4 is 15.8 Å². The minimum absolute atomic E-state index is 0.0667. The van der Waals surface area contributed by atoms with Crippen molar-refractivity contribution in [2.24, 2.45) is 11.7 Å². The molecule has 6 heteroatoms. The van der Waals surface area contributed by atoms with E-state index in [1.165, 1.54) is 24.3 Å². The number of carbonyl (C=O) groups is 1. The summed E-state index contributed by atoms with van der Waals surface area (Å²) in [4.78, 5) is 11.8. The zero-order valence-electron chi connectivity index (χ0n) is 12.1. The van der Waals surface area contributed by atoms with Crippen LogP contribution in [0.1, 0.15) is 32.6 Å². The molecule has 0 aromatic heterocycles. The van der Waals surface area contributed by atoms with E-state index >= 15 is 0 Å². The molecule has 1 unspecified atom stereocenters. The Kier molecular flexibility index (Phi) is 7.68. The molecule has 0 aliphatic carbocycles. The topological polar surface area (TPSA) is 64.4 Å². The van der Waals surface area contributed by atoms with Gasteiger partial charge in [-0.3, -0.25) is 4.79 Å². The van der Waals surface area contributed by atoms with Crippen molar-refractivity contribution in [3.05, 3.63) is 24.3 Å². The molecule has 118 valence electrons. The number of alkyl halides is 2. The number of hydrogen-bond acceptors (Lipinski definition) is 3. The van der Waals surface area contributed by atoms with E-state index in [1.807, 2.05) is 0 Å². The predicted octanol–water partition coefficient (Wildman–Crippen LogP) is 3.38. The van der Waals surface area contributed by atoms with E-state index in [2.05, 4.69) is 17.0 Å². The van der Waals surface area contributed by atoms with Crippen molar-refractivity contribution in [2.75, 3.05) is 11.9 Å². The van der Waals surface area contributed by atoms with Crippen LogP contribution in [0.25, 0.3) is 0 Å². The molecule has 21 heavy (non-hydrogen) atoms. The monoisotopic (exact) mass is 300 g/mol. The van der Waals surface area contributed by atoms with E-state index < -0.39 is 6.61 Å². The molecule has 1 aromatic carbocycles. The summed E-state index contributed by atoms with van der Waals surface area (Å²) in [6, 6.07) is 5.86. The Hall–Kier alpha value is -1.69. The van der Waals surface area contributed by atoms with Gasteiger partial charge in [-0.2, -0.15) is 8.78 Å². The van der Waals surface area contributed by atoms with Gasteiger partial charge in [-0.05, 0) is 49.6 Å². The summed E-state index contributed by atoms with van der Waals surface area (Å²) in [5.74, 6) is 0.438. The molecule has 1 atom stereocenters. The van der Waals surface area contributed by atoms with Gasteiger partial charge in [0.1, 0.15) is 5.75 Å². The first-order valence-corrected chi connectivity index (χ1v) is 7.10. The Balaban J connectivity index is 2.40. The molecule has 0 saturated heterocycles. The summed E-state index contributed by atoms with van der Waals surface area (Å²) in [5.41, 5.74) is 6.08. The molecule has 1 aromatic rings. The lowest BCUT2D eigenvalue weighted by molar-refractivity contribution is -0.116. The van der Waals surface area contributed by atoms with E-state index in [0.717, 1.165) is 19.3 Å². The number of ether oxygens (including phenoxy) is 1. The van der Waals surface area contributed by atoms with Crippen LogP contribution in [0.2, 0.25) is 0 Å². The fourth-order valence-electron chi connectivity index (χ4n) is 2.07. The van der Waals surface area contributed by atoms with E-state index in [-0.39, 0.29) is 11.7 Å². The van der Waals surface area contributed by atoms with Gasteiger partial charge in [0.25, 0.3) is 0 Å². The molecule has 0 heterocycles. The molecule has 0 bridgehead atoms. The SMILES string of the molecule is CCC(CCN)CCC(=O)Nc1ccc(OC(F)F)cc1. The maximum Gasteiger partial charge on any atom is 0.387 e. The molecule has 1 amide bonds. The van der Waals surface area contributed by atoms with Gasteiger partial charge in [0, 0.05) is 12.1 Å². The standard InChI is InChI=1S/C15H22F2N2O2/c1-2-11(9-10-18)3-8-14(20)19-12-4-6-13(7-5-12)21-15(16)17/h4-7,11,15H,2-3,8-10,18H2,1H3,(H,19,20). The normalized spacial score (nSPS) is 12.2. The lowest BCUT2D eigenvalue weighted by atomic mass is 9.96. The summed E-state index contributed by atoms with van der Waals surface area (Å²) in [6.07, 6.45) is 3.15. The quantitative estimate of drug-likeness (QED) is 0.735. The maximum absolute atomic E-state index is 12.0. The summed E-state index contributed by atoms with van der Waals surface area (Å²) in [6.45, 7) is -0.134. The first kappa shape index (κ1) is 17.4. The average molecular weight is 300 g/mol. The number of hydrogen-bond donors (Lipinski definition) is 2. The molecule has 0 saturated carbocycles. The number of nitrogens with one attached hydrogen (secondary N) is 1. The molecule has 0 aliphatic heterocycles. The molecule has 3 N–H and O–H groups in total. The second-order valence-corrected chi connectivity index (χ2v) is 4.84. The molecule has 0 fully saturated rings. The zero-order valence-corrected chi connectivity index (χ0v) is 12.1. The summed E-state index contributed by atoms with van der Waals surface area (Å²) >= 11 is 0. The fraction of sp³-hybridized carbons (Fsp3) is 0.533. The van der Waals surface area contributed by atoms with Gasteiger partial charge in [0.2, 0.25) is 5.91 Å². The Morgan fingerprint density at radius 2 is 1.95 bits per heavy atom.